The van der Waals surface area contributed by atoms with Crippen LogP contribution in [0.25, 0.3) is 0 Å². The molecule has 2 aromatic rings. The van der Waals surface area contributed by atoms with Crippen LogP contribution in [0.5, 0.6) is 5.75 Å². The van der Waals surface area contributed by atoms with Gasteiger partial charge >= 0.3 is 0 Å². The molecule has 0 radical (unpaired) electrons. The van der Waals surface area contributed by atoms with Crippen molar-refractivity contribution in [1.82, 2.24) is 9.88 Å². The summed E-state index contributed by atoms with van der Waals surface area (Å²) in [5.74, 6) is 0.891. The van der Waals surface area contributed by atoms with Crippen LogP contribution in [0.4, 0.5) is 5.69 Å². The Bertz CT molecular complexity index is 748. The van der Waals surface area contributed by atoms with E-state index in [2.05, 4.69) is 17.2 Å². The molecule has 5 heteroatoms. The number of ether oxygens (including phenoxy) is 1. The number of rotatable bonds is 6. The number of para-hydroxylation sites is 1. The molecule has 0 bridgehead atoms. The van der Waals surface area contributed by atoms with Crippen LogP contribution < -0.4 is 10.1 Å². The maximum atomic E-state index is 12.9. The van der Waals surface area contributed by atoms with Gasteiger partial charge in [0.25, 0.3) is 5.91 Å². The fourth-order valence-electron chi connectivity index (χ4n) is 3.54. The average Bonchev–Trinajstić information content (AvgIpc) is 2.72. The third-order valence-electron chi connectivity index (χ3n) is 5.01. The highest BCUT2D eigenvalue weighted by Crippen LogP contribution is 2.23. The van der Waals surface area contributed by atoms with Crippen molar-refractivity contribution < 1.29 is 9.53 Å². The molecule has 1 atom stereocenters. The summed E-state index contributed by atoms with van der Waals surface area (Å²) in [5.41, 5.74) is 2.47. The van der Waals surface area contributed by atoms with E-state index >= 15 is 0 Å². The van der Waals surface area contributed by atoms with Gasteiger partial charge in [0.05, 0.1) is 7.11 Å². The number of benzene rings is 1. The van der Waals surface area contributed by atoms with Crippen LogP contribution in [0.1, 0.15) is 48.7 Å². The van der Waals surface area contributed by atoms with Gasteiger partial charge in [-0.25, -0.2) is 0 Å². The summed E-state index contributed by atoms with van der Waals surface area (Å²) < 4.78 is 5.39. The Kier molecular flexibility index (Phi) is 6.10. The van der Waals surface area contributed by atoms with Gasteiger partial charge in [-0.2, -0.15) is 0 Å². The number of hydrogen-bond acceptors (Lipinski definition) is 4. The predicted octanol–water partition coefficient (Wildman–Crippen LogP) is 4.11. The monoisotopic (exact) mass is 353 g/mol. The molecule has 1 N–H and O–H groups in total. The minimum absolute atomic E-state index is 0.0393. The molecule has 0 saturated carbocycles. The molecule has 1 unspecified atom stereocenters. The third-order valence-corrected chi connectivity index (χ3v) is 5.01. The van der Waals surface area contributed by atoms with Crippen molar-refractivity contribution in [2.24, 2.45) is 0 Å². The summed E-state index contributed by atoms with van der Waals surface area (Å²) in [5, 5.41) is 3.37. The highest BCUT2D eigenvalue weighted by molar-refractivity contribution is 5.93. The number of carbonyl (C=O) groups is 1. The second-order valence-electron chi connectivity index (χ2n) is 6.65. The molecule has 2 heterocycles. The van der Waals surface area contributed by atoms with Crippen molar-refractivity contribution in [2.75, 3.05) is 19.0 Å². The molecule has 1 saturated heterocycles. The van der Waals surface area contributed by atoms with Gasteiger partial charge in [-0.15, -0.1) is 0 Å². The molecule has 0 spiro atoms. The van der Waals surface area contributed by atoms with Gasteiger partial charge in [0, 0.05) is 36.6 Å². The van der Waals surface area contributed by atoms with Crippen LogP contribution in [-0.2, 0) is 6.54 Å². The van der Waals surface area contributed by atoms with E-state index < -0.39 is 0 Å². The summed E-state index contributed by atoms with van der Waals surface area (Å²) in [6.45, 7) is 3.61. The number of pyridine rings is 1. The van der Waals surface area contributed by atoms with Gasteiger partial charge in [0.1, 0.15) is 11.4 Å². The summed E-state index contributed by atoms with van der Waals surface area (Å²) in [6, 6.07) is 12.0. The number of methoxy groups -OCH3 is 1. The number of piperidine rings is 1. The van der Waals surface area contributed by atoms with Crippen LogP contribution in [0.2, 0.25) is 0 Å². The van der Waals surface area contributed by atoms with Gasteiger partial charge in [-0.05, 0) is 43.9 Å². The second kappa shape index (κ2) is 8.70. The molecule has 1 aliphatic heterocycles. The van der Waals surface area contributed by atoms with E-state index in [0.717, 1.165) is 42.8 Å². The molecule has 0 aliphatic carbocycles. The quantitative estimate of drug-likeness (QED) is 0.849. The lowest BCUT2D eigenvalue weighted by Crippen LogP contribution is -2.43. The van der Waals surface area contributed by atoms with Gasteiger partial charge in [0.2, 0.25) is 0 Å². The predicted molar refractivity (Wildman–Crippen MR) is 104 cm³/mol. The van der Waals surface area contributed by atoms with Gasteiger partial charge in [-0.1, -0.05) is 25.1 Å². The molecule has 1 aromatic heterocycles. The summed E-state index contributed by atoms with van der Waals surface area (Å²) in [4.78, 5) is 19.2. The molecule has 1 amide bonds. The lowest BCUT2D eigenvalue weighted by atomic mass is 9.99. The molecule has 3 rings (SSSR count). The maximum absolute atomic E-state index is 12.9. The fraction of sp³-hybridized carbons (Fsp3) is 0.429. The van der Waals surface area contributed by atoms with E-state index in [1.165, 1.54) is 6.42 Å². The van der Waals surface area contributed by atoms with E-state index in [1.54, 1.807) is 13.3 Å². The average molecular weight is 353 g/mol. The highest BCUT2D eigenvalue weighted by atomic mass is 16.5. The second-order valence-corrected chi connectivity index (χ2v) is 6.65. The number of anilines is 1. The topological polar surface area (TPSA) is 54.5 Å². The Hall–Kier alpha value is -2.56. The number of hydrogen-bond donors (Lipinski definition) is 1. The van der Waals surface area contributed by atoms with Crippen molar-refractivity contribution in [3.63, 3.8) is 0 Å². The first-order valence-electron chi connectivity index (χ1n) is 9.35. The Morgan fingerprint density at radius 1 is 1.31 bits per heavy atom. The zero-order valence-electron chi connectivity index (χ0n) is 15.6. The van der Waals surface area contributed by atoms with E-state index in [9.17, 15) is 4.79 Å². The molecule has 1 aliphatic rings. The van der Waals surface area contributed by atoms with Crippen molar-refractivity contribution >= 4 is 11.6 Å². The maximum Gasteiger partial charge on any atom is 0.272 e. The fourth-order valence-corrected chi connectivity index (χ4v) is 3.54. The molecule has 1 fully saturated rings. The summed E-state index contributed by atoms with van der Waals surface area (Å²) in [7, 11) is 1.67. The SMILES string of the molecule is CCC1CCCCN1C(=O)c1cc(NCc2ccccc2OC)ccn1. The Balaban J connectivity index is 1.70. The van der Waals surface area contributed by atoms with Gasteiger partial charge in [0.15, 0.2) is 0 Å². The lowest BCUT2D eigenvalue weighted by Gasteiger charge is -2.35. The molecule has 26 heavy (non-hydrogen) atoms. The van der Waals surface area contributed by atoms with E-state index in [-0.39, 0.29) is 5.91 Å². The summed E-state index contributed by atoms with van der Waals surface area (Å²) >= 11 is 0. The van der Waals surface area contributed by atoms with Crippen molar-refractivity contribution in [2.45, 2.75) is 45.2 Å². The van der Waals surface area contributed by atoms with Gasteiger partial charge in [-0.3, -0.25) is 9.78 Å². The minimum atomic E-state index is 0.0393. The first-order chi connectivity index (χ1) is 12.7. The Morgan fingerprint density at radius 3 is 2.96 bits per heavy atom. The largest absolute Gasteiger partial charge is 0.496 e. The number of likely N-dealkylation sites (tertiary alicyclic amines) is 1. The lowest BCUT2D eigenvalue weighted by molar-refractivity contribution is 0.0602. The molecular weight excluding hydrogens is 326 g/mol. The van der Waals surface area contributed by atoms with Crippen LogP contribution >= 0.6 is 0 Å². The normalized spacial score (nSPS) is 17.0. The number of carbonyl (C=O) groups excluding carboxylic acids is 1. The molecular formula is C21H27N3O2. The standard InChI is InChI=1S/C21H27N3O2/c1-3-18-9-6-7-13-24(18)21(25)19-14-17(11-12-22-19)23-15-16-8-4-5-10-20(16)26-2/h4-5,8,10-12,14,18H,3,6-7,9,13,15H2,1-2H3,(H,22,23). The van der Waals surface area contributed by atoms with Gasteiger partial charge < -0.3 is 15.0 Å². The number of aromatic nitrogens is 1. The van der Waals surface area contributed by atoms with E-state index in [1.807, 2.05) is 41.3 Å². The third kappa shape index (κ3) is 4.15. The minimum Gasteiger partial charge on any atom is -0.496 e. The van der Waals surface area contributed by atoms with E-state index in [4.69, 9.17) is 4.74 Å². The van der Waals surface area contributed by atoms with Crippen molar-refractivity contribution in [3.05, 3.63) is 53.9 Å². The number of nitrogens with zero attached hydrogens (tertiary/aromatic N) is 2. The van der Waals surface area contributed by atoms with Crippen molar-refractivity contribution in [1.29, 1.82) is 0 Å². The van der Waals surface area contributed by atoms with Crippen molar-refractivity contribution in [3.8, 4) is 5.75 Å². The number of nitrogens with one attached hydrogen (secondary N) is 1. The zero-order valence-corrected chi connectivity index (χ0v) is 15.6. The Labute approximate surface area is 155 Å². The van der Waals surface area contributed by atoms with Crippen LogP contribution in [0.15, 0.2) is 42.6 Å². The smallest absolute Gasteiger partial charge is 0.272 e. The van der Waals surface area contributed by atoms with E-state index in [0.29, 0.717) is 18.3 Å². The first-order valence-corrected chi connectivity index (χ1v) is 9.35. The summed E-state index contributed by atoms with van der Waals surface area (Å²) in [6.07, 6.45) is 6.07. The Morgan fingerprint density at radius 2 is 2.15 bits per heavy atom. The molecule has 5 nitrogen and oxygen atoms in total. The number of amides is 1. The van der Waals surface area contributed by atoms with Crippen LogP contribution in [-0.4, -0.2) is 35.5 Å². The highest BCUT2D eigenvalue weighted by Gasteiger charge is 2.26. The molecule has 1 aromatic carbocycles. The first kappa shape index (κ1) is 18.2. The van der Waals surface area contributed by atoms with Crippen LogP contribution in [0.3, 0.4) is 0 Å². The van der Waals surface area contributed by atoms with Crippen LogP contribution in [0, 0.1) is 0 Å². The molecule has 138 valence electrons. The zero-order chi connectivity index (χ0) is 18.4.